The normalized spacial score (nSPS) is 18.1. The second-order valence-corrected chi connectivity index (χ2v) is 6.15. The number of rotatable bonds is 5. The average molecular weight is 352 g/mol. The molecule has 1 aliphatic heterocycles. The van der Waals surface area contributed by atoms with Gasteiger partial charge in [0, 0.05) is 25.2 Å². The minimum absolute atomic E-state index is 0.0464. The van der Waals surface area contributed by atoms with Gasteiger partial charge in [-0.25, -0.2) is 0 Å². The van der Waals surface area contributed by atoms with E-state index in [9.17, 15) is 4.79 Å². The maximum Gasteiger partial charge on any atom is 0.260 e. The quantitative estimate of drug-likeness (QED) is 0.828. The van der Waals surface area contributed by atoms with Crippen LogP contribution in [-0.4, -0.2) is 43.6 Å². The van der Waals surface area contributed by atoms with Crippen LogP contribution >= 0.6 is 34.8 Å². The van der Waals surface area contributed by atoms with E-state index < -0.39 is 0 Å². The van der Waals surface area contributed by atoms with Crippen molar-refractivity contribution in [3.63, 3.8) is 0 Å². The van der Waals surface area contributed by atoms with Gasteiger partial charge in [0.1, 0.15) is 5.75 Å². The Kier molecular flexibility index (Phi) is 5.99. The first-order valence-corrected chi connectivity index (χ1v) is 7.87. The Hall–Kier alpha value is -0.680. The Morgan fingerprint density at radius 1 is 1.33 bits per heavy atom. The number of benzene rings is 1. The van der Waals surface area contributed by atoms with E-state index in [1.54, 1.807) is 0 Å². The number of carbonyl (C=O) groups is 1. The number of hydrogen-bond donors (Lipinski definition) is 1. The molecule has 1 saturated heterocycles. The molecule has 1 fully saturated rings. The second-order valence-electron chi connectivity index (χ2n) is 4.93. The van der Waals surface area contributed by atoms with Gasteiger partial charge < -0.3 is 15.0 Å². The molecule has 0 spiro atoms. The first-order chi connectivity index (χ1) is 10.0. The topological polar surface area (TPSA) is 41.6 Å². The van der Waals surface area contributed by atoms with E-state index in [1.807, 2.05) is 11.9 Å². The average Bonchev–Trinajstić information content (AvgIpc) is 2.90. The van der Waals surface area contributed by atoms with E-state index >= 15 is 0 Å². The van der Waals surface area contributed by atoms with E-state index in [-0.39, 0.29) is 18.6 Å². The van der Waals surface area contributed by atoms with Crippen LogP contribution in [0.5, 0.6) is 5.75 Å². The largest absolute Gasteiger partial charge is 0.482 e. The van der Waals surface area contributed by atoms with Crippen molar-refractivity contribution in [2.45, 2.75) is 18.9 Å². The van der Waals surface area contributed by atoms with Gasteiger partial charge in [0.15, 0.2) is 6.61 Å². The smallest absolute Gasteiger partial charge is 0.260 e. The number of likely N-dealkylation sites (N-methyl/N-ethyl adjacent to an activating group) is 1. The van der Waals surface area contributed by atoms with Crippen LogP contribution in [-0.2, 0) is 4.79 Å². The molecule has 116 valence electrons. The molecule has 1 amide bonds. The molecule has 2 rings (SSSR count). The summed E-state index contributed by atoms with van der Waals surface area (Å²) in [6, 6.07) is 3.26. The molecule has 1 N–H and O–H groups in total. The molecule has 7 heteroatoms. The van der Waals surface area contributed by atoms with Crippen molar-refractivity contribution in [3.05, 3.63) is 27.2 Å². The second kappa shape index (κ2) is 7.54. The first-order valence-electron chi connectivity index (χ1n) is 6.74. The van der Waals surface area contributed by atoms with Gasteiger partial charge in [-0.3, -0.25) is 4.79 Å². The molecule has 1 aliphatic rings. The van der Waals surface area contributed by atoms with Gasteiger partial charge in [-0.2, -0.15) is 0 Å². The molecule has 0 aromatic heterocycles. The highest BCUT2D eigenvalue weighted by Crippen LogP contribution is 2.33. The molecule has 1 aromatic rings. The van der Waals surface area contributed by atoms with E-state index in [0.717, 1.165) is 25.9 Å². The minimum atomic E-state index is -0.0576. The van der Waals surface area contributed by atoms with Gasteiger partial charge in [-0.15, -0.1) is 0 Å². The molecular formula is C14H17Cl3N2O2. The molecule has 1 heterocycles. The summed E-state index contributed by atoms with van der Waals surface area (Å²) in [6.45, 7) is 1.50. The first kappa shape index (κ1) is 16.7. The predicted molar refractivity (Wildman–Crippen MR) is 85.6 cm³/mol. The predicted octanol–water partition coefficient (Wildman–Crippen LogP) is 3.24. The number of likely N-dealkylation sites (tertiary alicyclic amines) is 1. The van der Waals surface area contributed by atoms with E-state index in [4.69, 9.17) is 39.5 Å². The van der Waals surface area contributed by atoms with E-state index in [0.29, 0.717) is 20.8 Å². The number of amides is 1. The highest BCUT2D eigenvalue weighted by Gasteiger charge is 2.28. The third kappa shape index (κ3) is 4.16. The maximum atomic E-state index is 12.2. The molecule has 1 aromatic carbocycles. The van der Waals surface area contributed by atoms with Gasteiger partial charge in [0.25, 0.3) is 5.91 Å². The summed E-state index contributed by atoms with van der Waals surface area (Å²) in [7, 11) is 1.88. The highest BCUT2D eigenvalue weighted by atomic mass is 35.5. The standard InChI is InChI=1S/C14H17Cl3N2O2/c1-18-7-9-3-2-4-19(9)14(20)8-21-13-6-11(16)10(15)5-12(13)17/h5-6,9,18H,2-4,7-8H2,1H3. The number of nitrogens with zero attached hydrogens (tertiary/aromatic N) is 1. The fourth-order valence-electron chi connectivity index (χ4n) is 2.45. The Morgan fingerprint density at radius 3 is 2.76 bits per heavy atom. The van der Waals surface area contributed by atoms with Crippen molar-refractivity contribution in [1.82, 2.24) is 10.2 Å². The summed E-state index contributed by atoms with van der Waals surface area (Å²) in [5, 5.41) is 4.14. The van der Waals surface area contributed by atoms with Crippen LogP contribution in [0.3, 0.4) is 0 Å². The zero-order chi connectivity index (χ0) is 15.4. The highest BCUT2D eigenvalue weighted by molar-refractivity contribution is 6.43. The number of nitrogens with one attached hydrogen (secondary N) is 1. The number of ether oxygens (including phenoxy) is 1. The molecular weight excluding hydrogens is 335 g/mol. The lowest BCUT2D eigenvalue weighted by Gasteiger charge is -2.24. The summed E-state index contributed by atoms with van der Waals surface area (Å²) in [6.07, 6.45) is 2.03. The van der Waals surface area contributed by atoms with Crippen molar-refractivity contribution < 1.29 is 9.53 Å². The fourth-order valence-corrected chi connectivity index (χ4v) is 3.04. The van der Waals surface area contributed by atoms with Crippen LogP contribution in [0, 0.1) is 0 Å². The number of hydrogen-bond acceptors (Lipinski definition) is 3. The molecule has 1 unspecified atom stereocenters. The summed E-state index contributed by atoms with van der Waals surface area (Å²) in [5.41, 5.74) is 0. The van der Waals surface area contributed by atoms with Gasteiger partial charge in [0.2, 0.25) is 0 Å². The van der Waals surface area contributed by atoms with Gasteiger partial charge in [-0.1, -0.05) is 34.8 Å². The lowest BCUT2D eigenvalue weighted by Crippen LogP contribution is -2.43. The molecule has 0 radical (unpaired) electrons. The lowest BCUT2D eigenvalue weighted by molar-refractivity contribution is -0.134. The third-order valence-electron chi connectivity index (χ3n) is 3.46. The van der Waals surface area contributed by atoms with Gasteiger partial charge in [-0.05, 0) is 26.0 Å². The number of carbonyl (C=O) groups excluding carboxylic acids is 1. The summed E-state index contributed by atoms with van der Waals surface area (Å²) >= 11 is 17.8. The molecule has 21 heavy (non-hydrogen) atoms. The Bertz CT molecular complexity index is 525. The SMILES string of the molecule is CNCC1CCCN1C(=O)COc1cc(Cl)c(Cl)cc1Cl. The van der Waals surface area contributed by atoms with Gasteiger partial charge >= 0.3 is 0 Å². The van der Waals surface area contributed by atoms with Crippen LogP contribution in [0.2, 0.25) is 15.1 Å². The summed E-state index contributed by atoms with van der Waals surface area (Å²) in [4.78, 5) is 14.1. The van der Waals surface area contributed by atoms with E-state index in [2.05, 4.69) is 5.32 Å². The van der Waals surface area contributed by atoms with Crippen molar-refractivity contribution in [2.75, 3.05) is 26.7 Å². The third-order valence-corrected chi connectivity index (χ3v) is 4.48. The van der Waals surface area contributed by atoms with Crippen molar-refractivity contribution in [1.29, 1.82) is 0 Å². The zero-order valence-corrected chi connectivity index (χ0v) is 13.9. The summed E-state index contributed by atoms with van der Waals surface area (Å²) < 4.78 is 5.49. The Balaban J connectivity index is 1.96. The fraction of sp³-hybridized carbons (Fsp3) is 0.500. The van der Waals surface area contributed by atoms with Crippen LogP contribution in [0.4, 0.5) is 0 Å². The van der Waals surface area contributed by atoms with Crippen molar-refractivity contribution in [2.24, 2.45) is 0 Å². The lowest BCUT2D eigenvalue weighted by atomic mass is 10.2. The minimum Gasteiger partial charge on any atom is -0.482 e. The van der Waals surface area contributed by atoms with Crippen LogP contribution in [0.1, 0.15) is 12.8 Å². The molecule has 0 saturated carbocycles. The Morgan fingerprint density at radius 2 is 2.05 bits per heavy atom. The van der Waals surface area contributed by atoms with Crippen molar-refractivity contribution >= 4 is 40.7 Å². The Labute approximate surface area is 139 Å². The monoisotopic (exact) mass is 350 g/mol. The van der Waals surface area contributed by atoms with Gasteiger partial charge in [0.05, 0.1) is 15.1 Å². The molecule has 0 aliphatic carbocycles. The summed E-state index contributed by atoms with van der Waals surface area (Å²) in [5.74, 6) is 0.318. The zero-order valence-electron chi connectivity index (χ0n) is 11.7. The van der Waals surface area contributed by atoms with Crippen LogP contribution in [0.25, 0.3) is 0 Å². The maximum absolute atomic E-state index is 12.2. The van der Waals surface area contributed by atoms with Crippen molar-refractivity contribution in [3.8, 4) is 5.75 Å². The number of halogens is 3. The van der Waals surface area contributed by atoms with E-state index in [1.165, 1.54) is 12.1 Å². The molecule has 0 bridgehead atoms. The van der Waals surface area contributed by atoms with Crippen LogP contribution < -0.4 is 10.1 Å². The molecule has 4 nitrogen and oxygen atoms in total. The van der Waals surface area contributed by atoms with Crippen LogP contribution in [0.15, 0.2) is 12.1 Å². The molecule has 1 atom stereocenters.